The van der Waals surface area contributed by atoms with Crippen LogP contribution in [0.25, 0.3) is 0 Å². The molecule has 6 heteroatoms. The van der Waals surface area contributed by atoms with Gasteiger partial charge in [-0.25, -0.2) is 4.39 Å². The molecule has 1 atom stereocenters. The summed E-state index contributed by atoms with van der Waals surface area (Å²) >= 11 is 1.18. The minimum Gasteiger partial charge on any atom is -0.399 e. The molecule has 1 aliphatic rings. The number of rotatable bonds is 3. The highest BCUT2D eigenvalue weighted by molar-refractivity contribution is 8.00. The van der Waals surface area contributed by atoms with Crippen molar-refractivity contribution in [2.75, 3.05) is 12.3 Å². The van der Waals surface area contributed by atoms with Crippen LogP contribution in [0.15, 0.2) is 23.1 Å². The third-order valence-corrected chi connectivity index (χ3v) is 3.85. The van der Waals surface area contributed by atoms with Gasteiger partial charge in [-0.2, -0.15) is 0 Å². The minimum absolute atomic E-state index is 0.160. The van der Waals surface area contributed by atoms with Crippen LogP contribution in [0, 0.1) is 5.82 Å². The Bertz CT molecular complexity index is 487. The zero-order valence-electron chi connectivity index (χ0n) is 9.85. The molecule has 0 spiro atoms. The fourth-order valence-electron chi connectivity index (χ4n) is 1.89. The van der Waals surface area contributed by atoms with Crippen LogP contribution in [-0.4, -0.2) is 28.5 Å². The van der Waals surface area contributed by atoms with Crippen LogP contribution in [0.5, 0.6) is 0 Å². The lowest BCUT2D eigenvalue weighted by molar-refractivity contribution is -0.137. The van der Waals surface area contributed by atoms with E-state index in [0.717, 1.165) is 0 Å². The Morgan fingerprint density at radius 3 is 2.72 bits per heavy atom. The standard InChI is InChI=1S/C12H13FN2O2S/c1-2-15-11(16)6-10(12(15)17)18-9-4-7(13)3-8(14)5-9/h3-5,10H,2,6,14H2,1H3. The molecule has 0 radical (unpaired) electrons. The van der Waals surface area contributed by atoms with Crippen molar-refractivity contribution in [2.45, 2.75) is 23.5 Å². The van der Waals surface area contributed by atoms with Gasteiger partial charge in [-0.15, -0.1) is 11.8 Å². The summed E-state index contributed by atoms with van der Waals surface area (Å²) in [7, 11) is 0. The summed E-state index contributed by atoms with van der Waals surface area (Å²) in [6, 6.07) is 4.12. The maximum Gasteiger partial charge on any atom is 0.243 e. The van der Waals surface area contributed by atoms with E-state index < -0.39 is 11.1 Å². The summed E-state index contributed by atoms with van der Waals surface area (Å²) in [5.41, 5.74) is 5.84. The molecule has 1 saturated heterocycles. The van der Waals surface area contributed by atoms with Gasteiger partial charge in [0, 0.05) is 23.5 Å². The minimum atomic E-state index is -0.473. The van der Waals surface area contributed by atoms with E-state index in [2.05, 4.69) is 0 Å². The van der Waals surface area contributed by atoms with E-state index in [9.17, 15) is 14.0 Å². The highest BCUT2D eigenvalue weighted by Crippen LogP contribution is 2.32. The van der Waals surface area contributed by atoms with E-state index in [1.807, 2.05) is 0 Å². The summed E-state index contributed by atoms with van der Waals surface area (Å²) in [5.74, 6) is -0.832. The average Bonchev–Trinajstić information content (AvgIpc) is 2.52. The fourth-order valence-corrected chi connectivity index (χ4v) is 3.06. The van der Waals surface area contributed by atoms with E-state index in [-0.39, 0.29) is 18.2 Å². The molecule has 4 nitrogen and oxygen atoms in total. The fraction of sp³-hybridized carbons (Fsp3) is 0.333. The van der Waals surface area contributed by atoms with Gasteiger partial charge in [-0.1, -0.05) is 0 Å². The van der Waals surface area contributed by atoms with Crippen molar-refractivity contribution in [3.05, 3.63) is 24.0 Å². The molecule has 1 unspecified atom stereocenters. The van der Waals surface area contributed by atoms with Gasteiger partial charge in [0.05, 0.1) is 5.25 Å². The second-order valence-electron chi connectivity index (χ2n) is 4.01. The number of amides is 2. The number of carbonyl (C=O) groups excluding carboxylic acids is 2. The Kier molecular flexibility index (Phi) is 3.56. The third kappa shape index (κ3) is 2.48. The number of likely N-dealkylation sites (tertiary alicyclic amines) is 1. The summed E-state index contributed by atoms with van der Waals surface area (Å²) < 4.78 is 13.2. The van der Waals surface area contributed by atoms with Crippen molar-refractivity contribution in [3.63, 3.8) is 0 Å². The molecule has 18 heavy (non-hydrogen) atoms. The molecule has 2 amide bonds. The molecule has 0 aliphatic carbocycles. The summed E-state index contributed by atoms with van der Waals surface area (Å²) in [4.78, 5) is 25.2. The zero-order chi connectivity index (χ0) is 13.3. The number of carbonyl (C=O) groups is 2. The quantitative estimate of drug-likeness (QED) is 0.668. The Hall–Kier alpha value is -1.56. The first kappa shape index (κ1) is 12.9. The normalized spacial score (nSPS) is 19.7. The molecule has 1 aliphatic heterocycles. The van der Waals surface area contributed by atoms with E-state index in [0.29, 0.717) is 17.1 Å². The molecule has 1 fully saturated rings. The van der Waals surface area contributed by atoms with Gasteiger partial charge in [0.2, 0.25) is 11.8 Å². The number of nitrogens with zero attached hydrogens (tertiary/aromatic N) is 1. The van der Waals surface area contributed by atoms with Crippen molar-refractivity contribution in [2.24, 2.45) is 0 Å². The number of hydrogen-bond donors (Lipinski definition) is 1. The van der Waals surface area contributed by atoms with E-state index in [1.54, 1.807) is 13.0 Å². The molecule has 1 heterocycles. The molecule has 1 aromatic rings. The molecule has 2 rings (SSSR count). The summed E-state index contributed by atoms with van der Waals surface area (Å²) in [6.07, 6.45) is 0.160. The number of halogens is 1. The van der Waals surface area contributed by atoms with Crippen LogP contribution >= 0.6 is 11.8 Å². The van der Waals surface area contributed by atoms with Crippen LogP contribution < -0.4 is 5.73 Å². The van der Waals surface area contributed by atoms with Crippen molar-refractivity contribution in [3.8, 4) is 0 Å². The first-order valence-corrected chi connectivity index (χ1v) is 6.46. The number of imide groups is 1. The summed E-state index contributed by atoms with van der Waals surface area (Å²) in [6.45, 7) is 2.13. The number of nitrogen functional groups attached to an aromatic ring is 1. The smallest absolute Gasteiger partial charge is 0.243 e. The van der Waals surface area contributed by atoms with Crippen LogP contribution in [0.3, 0.4) is 0 Å². The lowest BCUT2D eigenvalue weighted by Gasteiger charge is -2.11. The first-order chi connectivity index (χ1) is 8.51. The average molecular weight is 268 g/mol. The maximum atomic E-state index is 13.2. The highest BCUT2D eigenvalue weighted by Gasteiger charge is 2.38. The Morgan fingerprint density at radius 2 is 2.17 bits per heavy atom. The molecule has 0 bridgehead atoms. The van der Waals surface area contributed by atoms with Crippen LogP contribution in [0.4, 0.5) is 10.1 Å². The molecule has 0 saturated carbocycles. The van der Waals surface area contributed by atoms with Gasteiger partial charge in [0.1, 0.15) is 5.82 Å². The third-order valence-electron chi connectivity index (χ3n) is 2.69. The maximum absolute atomic E-state index is 13.2. The predicted octanol–water partition coefficient (Wildman–Crippen LogP) is 1.65. The lowest BCUT2D eigenvalue weighted by atomic mass is 10.3. The van der Waals surface area contributed by atoms with Crippen molar-refractivity contribution in [1.29, 1.82) is 0 Å². The van der Waals surface area contributed by atoms with Crippen molar-refractivity contribution >= 4 is 29.3 Å². The van der Waals surface area contributed by atoms with Gasteiger partial charge in [0.15, 0.2) is 0 Å². The van der Waals surface area contributed by atoms with E-state index in [1.165, 1.54) is 28.8 Å². The van der Waals surface area contributed by atoms with Crippen molar-refractivity contribution in [1.82, 2.24) is 4.90 Å². The van der Waals surface area contributed by atoms with Crippen LogP contribution in [0.2, 0.25) is 0 Å². The number of benzene rings is 1. The topological polar surface area (TPSA) is 63.4 Å². The molecule has 2 N–H and O–H groups in total. The molecule has 0 aromatic heterocycles. The zero-order valence-corrected chi connectivity index (χ0v) is 10.7. The molecular weight excluding hydrogens is 255 g/mol. The van der Waals surface area contributed by atoms with Gasteiger partial charge < -0.3 is 5.73 Å². The molecule has 1 aromatic carbocycles. The lowest BCUT2D eigenvalue weighted by Crippen LogP contribution is -2.30. The first-order valence-electron chi connectivity index (χ1n) is 5.58. The van der Waals surface area contributed by atoms with E-state index in [4.69, 9.17) is 5.73 Å². The molecule has 96 valence electrons. The number of anilines is 1. The Labute approximate surface area is 108 Å². The monoisotopic (exact) mass is 268 g/mol. The second kappa shape index (κ2) is 4.97. The summed E-state index contributed by atoms with van der Waals surface area (Å²) in [5, 5.41) is -0.473. The number of hydrogen-bond acceptors (Lipinski definition) is 4. The van der Waals surface area contributed by atoms with Crippen LogP contribution in [-0.2, 0) is 9.59 Å². The number of nitrogens with two attached hydrogens (primary N) is 1. The van der Waals surface area contributed by atoms with Gasteiger partial charge in [0.25, 0.3) is 0 Å². The Morgan fingerprint density at radius 1 is 1.44 bits per heavy atom. The van der Waals surface area contributed by atoms with E-state index >= 15 is 0 Å². The van der Waals surface area contributed by atoms with Gasteiger partial charge in [-0.3, -0.25) is 14.5 Å². The Balaban J connectivity index is 2.15. The SMILES string of the molecule is CCN1C(=O)CC(Sc2cc(N)cc(F)c2)C1=O. The highest BCUT2D eigenvalue weighted by atomic mass is 32.2. The van der Waals surface area contributed by atoms with Gasteiger partial charge in [-0.05, 0) is 25.1 Å². The number of thioether (sulfide) groups is 1. The molecular formula is C12H13FN2O2S. The second-order valence-corrected chi connectivity index (χ2v) is 5.28. The van der Waals surface area contributed by atoms with Crippen LogP contribution in [0.1, 0.15) is 13.3 Å². The van der Waals surface area contributed by atoms with Crippen molar-refractivity contribution < 1.29 is 14.0 Å². The largest absolute Gasteiger partial charge is 0.399 e. The van der Waals surface area contributed by atoms with Gasteiger partial charge >= 0.3 is 0 Å². The predicted molar refractivity (Wildman–Crippen MR) is 67.5 cm³/mol.